The number of hydrogen-bond acceptors (Lipinski definition) is 6. The number of nitro benzene ring substituents is 1. The van der Waals surface area contributed by atoms with Crippen molar-refractivity contribution in [2.75, 3.05) is 13.2 Å². The zero-order valence-corrected chi connectivity index (χ0v) is 15.5. The van der Waals surface area contributed by atoms with Crippen LogP contribution < -0.4 is 9.47 Å². The zero-order valence-electron chi connectivity index (χ0n) is 14.7. The topological polar surface area (TPSA) is 95.7 Å². The summed E-state index contributed by atoms with van der Waals surface area (Å²) in [5.41, 5.74) is -0.113. The Kier molecular flexibility index (Phi) is 5.90. The van der Waals surface area contributed by atoms with Gasteiger partial charge in [-0.2, -0.15) is 0 Å². The molecular formula is C20H17NO6S. The quantitative estimate of drug-likeness (QED) is 0.324. The molecule has 3 aromatic carbocycles. The summed E-state index contributed by atoms with van der Waals surface area (Å²) in [5.74, 6) is 0.638. The Bertz CT molecular complexity index is 1050. The van der Waals surface area contributed by atoms with Crippen molar-refractivity contribution >= 4 is 15.5 Å². The number of ether oxygens (including phenoxy) is 2. The van der Waals surface area contributed by atoms with Gasteiger partial charge >= 0.3 is 5.69 Å². The largest absolute Gasteiger partial charge is 0.490 e. The lowest BCUT2D eigenvalue weighted by Gasteiger charge is -2.09. The smallest absolute Gasteiger partial charge is 0.310 e. The monoisotopic (exact) mass is 399 g/mol. The Morgan fingerprint density at radius 2 is 1.32 bits per heavy atom. The molecule has 0 bridgehead atoms. The van der Waals surface area contributed by atoms with E-state index in [2.05, 4.69) is 0 Å². The first-order valence-corrected chi connectivity index (χ1v) is 9.86. The van der Waals surface area contributed by atoms with Gasteiger partial charge in [-0.25, -0.2) is 8.42 Å². The van der Waals surface area contributed by atoms with Gasteiger partial charge in [-0.1, -0.05) is 30.3 Å². The highest BCUT2D eigenvalue weighted by Crippen LogP contribution is 2.26. The van der Waals surface area contributed by atoms with Crippen molar-refractivity contribution in [3.05, 3.63) is 89.0 Å². The molecule has 8 heteroatoms. The van der Waals surface area contributed by atoms with Crippen molar-refractivity contribution in [1.82, 2.24) is 0 Å². The molecule has 0 saturated heterocycles. The summed E-state index contributed by atoms with van der Waals surface area (Å²) in [6.45, 7) is 0.256. The molecule has 0 saturated carbocycles. The minimum atomic E-state index is -3.57. The number of nitro groups is 1. The molecule has 0 aliphatic carbocycles. The van der Waals surface area contributed by atoms with Crippen molar-refractivity contribution in [3.63, 3.8) is 0 Å². The predicted molar refractivity (Wildman–Crippen MR) is 102 cm³/mol. The average molecular weight is 399 g/mol. The van der Waals surface area contributed by atoms with E-state index in [0.717, 1.165) is 0 Å². The highest BCUT2D eigenvalue weighted by atomic mass is 32.2. The highest BCUT2D eigenvalue weighted by Gasteiger charge is 2.17. The van der Waals surface area contributed by atoms with Crippen LogP contribution >= 0.6 is 0 Å². The van der Waals surface area contributed by atoms with Gasteiger partial charge in [0.05, 0.1) is 14.7 Å². The van der Waals surface area contributed by atoms with Gasteiger partial charge in [0, 0.05) is 6.07 Å². The van der Waals surface area contributed by atoms with Gasteiger partial charge in [-0.05, 0) is 42.5 Å². The molecular weight excluding hydrogens is 382 g/mol. The third kappa shape index (κ3) is 4.47. The van der Waals surface area contributed by atoms with Crippen LogP contribution in [0.4, 0.5) is 5.69 Å². The van der Waals surface area contributed by atoms with Crippen LogP contribution in [0.1, 0.15) is 0 Å². The van der Waals surface area contributed by atoms with Crippen LogP contribution in [0, 0.1) is 10.1 Å². The summed E-state index contributed by atoms with van der Waals surface area (Å²) in [4.78, 5) is 10.8. The number of benzene rings is 3. The molecule has 0 spiro atoms. The van der Waals surface area contributed by atoms with E-state index in [9.17, 15) is 18.5 Å². The Morgan fingerprint density at radius 3 is 2.00 bits per heavy atom. The molecule has 0 atom stereocenters. The van der Waals surface area contributed by atoms with Crippen molar-refractivity contribution in [3.8, 4) is 11.5 Å². The van der Waals surface area contributed by atoms with Crippen molar-refractivity contribution in [2.45, 2.75) is 9.79 Å². The van der Waals surface area contributed by atoms with Crippen LogP contribution in [0.15, 0.2) is 88.7 Å². The van der Waals surface area contributed by atoms with Crippen molar-refractivity contribution in [2.24, 2.45) is 0 Å². The minimum absolute atomic E-state index is 0.106. The molecule has 7 nitrogen and oxygen atoms in total. The summed E-state index contributed by atoms with van der Waals surface area (Å²) < 4.78 is 36.0. The van der Waals surface area contributed by atoms with Crippen LogP contribution in [0.2, 0.25) is 0 Å². The summed E-state index contributed by atoms with van der Waals surface area (Å²) in [6, 6.07) is 20.3. The van der Waals surface area contributed by atoms with Gasteiger partial charge in [0.25, 0.3) is 0 Å². The van der Waals surface area contributed by atoms with Crippen LogP contribution in [-0.2, 0) is 9.84 Å². The number of nitrogens with zero attached hydrogens (tertiary/aromatic N) is 1. The molecule has 0 fully saturated rings. The van der Waals surface area contributed by atoms with E-state index in [0.29, 0.717) is 5.75 Å². The van der Waals surface area contributed by atoms with E-state index in [1.807, 2.05) is 0 Å². The molecule has 0 unspecified atom stereocenters. The first-order chi connectivity index (χ1) is 13.5. The lowest BCUT2D eigenvalue weighted by Crippen LogP contribution is -2.10. The molecule has 0 amide bonds. The summed E-state index contributed by atoms with van der Waals surface area (Å²) in [5, 5.41) is 10.9. The Morgan fingerprint density at radius 1 is 0.750 bits per heavy atom. The lowest BCUT2D eigenvalue weighted by atomic mass is 10.3. The number of hydrogen-bond donors (Lipinski definition) is 0. The van der Waals surface area contributed by atoms with Gasteiger partial charge in [-0.3, -0.25) is 10.1 Å². The van der Waals surface area contributed by atoms with Crippen LogP contribution in [0.5, 0.6) is 11.5 Å². The second kappa shape index (κ2) is 8.53. The molecule has 0 radical (unpaired) electrons. The first-order valence-electron chi connectivity index (χ1n) is 8.38. The van der Waals surface area contributed by atoms with Crippen molar-refractivity contribution in [1.29, 1.82) is 0 Å². The standard InChI is InChI=1S/C20H17NO6S/c22-21(23)19-8-4-5-9-20(19)27-15-14-26-16-10-12-18(13-11-16)28(24,25)17-6-2-1-3-7-17/h1-13H,14-15H2. The third-order valence-corrected chi connectivity index (χ3v) is 5.64. The van der Waals surface area contributed by atoms with E-state index in [-0.39, 0.29) is 34.4 Å². The fraction of sp³-hybridized carbons (Fsp3) is 0.100. The Balaban J connectivity index is 1.58. The molecule has 0 aliphatic rings. The highest BCUT2D eigenvalue weighted by molar-refractivity contribution is 7.91. The molecule has 3 aromatic rings. The molecule has 144 valence electrons. The van der Waals surface area contributed by atoms with Crippen molar-refractivity contribution < 1.29 is 22.8 Å². The van der Waals surface area contributed by atoms with E-state index in [1.54, 1.807) is 54.6 Å². The van der Waals surface area contributed by atoms with E-state index in [4.69, 9.17) is 9.47 Å². The zero-order chi connectivity index (χ0) is 20.0. The predicted octanol–water partition coefficient (Wildman–Crippen LogP) is 3.89. The third-order valence-electron chi connectivity index (χ3n) is 3.86. The average Bonchev–Trinajstić information content (AvgIpc) is 2.72. The second-order valence-electron chi connectivity index (χ2n) is 5.71. The van der Waals surface area contributed by atoms with Gasteiger partial charge in [0.1, 0.15) is 19.0 Å². The van der Waals surface area contributed by atoms with Crippen LogP contribution in [0.25, 0.3) is 0 Å². The number of para-hydroxylation sites is 2. The van der Waals surface area contributed by atoms with Gasteiger partial charge < -0.3 is 9.47 Å². The van der Waals surface area contributed by atoms with E-state index in [1.165, 1.54) is 24.3 Å². The normalized spacial score (nSPS) is 11.0. The second-order valence-corrected chi connectivity index (χ2v) is 7.66. The number of rotatable bonds is 8. The molecule has 28 heavy (non-hydrogen) atoms. The Labute approximate surface area is 162 Å². The van der Waals surface area contributed by atoms with Gasteiger partial charge in [-0.15, -0.1) is 0 Å². The molecule has 3 rings (SSSR count). The molecule has 0 aliphatic heterocycles. The molecule has 0 N–H and O–H groups in total. The lowest BCUT2D eigenvalue weighted by molar-refractivity contribution is -0.385. The van der Waals surface area contributed by atoms with Crippen LogP contribution in [0.3, 0.4) is 0 Å². The van der Waals surface area contributed by atoms with E-state index < -0.39 is 14.8 Å². The summed E-state index contributed by atoms with van der Waals surface area (Å²) in [7, 11) is -3.57. The fourth-order valence-electron chi connectivity index (χ4n) is 2.49. The fourth-order valence-corrected chi connectivity index (χ4v) is 3.77. The number of sulfone groups is 1. The maximum Gasteiger partial charge on any atom is 0.310 e. The minimum Gasteiger partial charge on any atom is -0.490 e. The van der Waals surface area contributed by atoms with Gasteiger partial charge in [0.2, 0.25) is 9.84 Å². The van der Waals surface area contributed by atoms with Gasteiger partial charge in [0.15, 0.2) is 5.75 Å². The summed E-state index contributed by atoms with van der Waals surface area (Å²) >= 11 is 0. The SMILES string of the molecule is O=[N+]([O-])c1ccccc1OCCOc1ccc(S(=O)(=O)c2ccccc2)cc1. The molecule has 0 heterocycles. The maximum absolute atomic E-state index is 12.5. The first kappa shape index (κ1) is 19.4. The maximum atomic E-state index is 12.5. The Hall–Kier alpha value is -3.39. The van der Waals surface area contributed by atoms with E-state index >= 15 is 0 Å². The van der Waals surface area contributed by atoms with Crippen LogP contribution in [-0.4, -0.2) is 26.6 Å². The molecule has 0 aromatic heterocycles. The summed E-state index contributed by atoms with van der Waals surface area (Å²) in [6.07, 6.45) is 0.